The molecule has 2 N–H and O–H groups in total. The second-order valence-electron chi connectivity index (χ2n) is 5.09. The molecule has 0 unspecified atom stereocenters. The number of hydrogen-bond acceptors (Lipinski definition) is 5. The molecule has 7 heteroatoms. The van der Waals surface area contributed by atoms with Gasteiger partial charge in [0.05, 0.1) is 7.11 Å². The molecule has 1 aromatic heterocycles. The van der Waals surface area contributed by atoms with Crippen molar-refractivity contribution in [1.29, 1.82) is 0 Å². The fourth-order valence-corrected chi connectivity index (χ4v) is 2.14. The lowest BCUT2D eigenvalue weighted by Crippen LogP contribution is -2.14. The summed E-state index contributed by atoms with van der Waals surface area (Å²) in [5.41, 5.74) is 1.25. The minimum atomic E-state index is -0.391. The van der Waals surface area contributed by atoms with Gasteiger partial charge >= 0.3 is 0 Å². The van der Waals surface area contributed by atoms with Gasteiger partial charge in [-0.2, -0.15) is 0 Å². The van der Waals surface area contributed by atoms with E-state index in [0.717, 1.165) is 0 Å². The van der Waals surface area contributed by atoms with E-state index in [0.29, 0.717) is 17.1 Å². The molecule has 0 bridgehead atoms. The van der Waals surface area contributed by atoms with Crippen LogP contribution in [0.2, 0.25) is 0 Å². The number of carbonyl (C=O) groups excluding carboxylic acids is 1. The summed E-state index contributed by atoms with van der Waals surface area (Å²) in [4.78, 5) is 20.5. The van der Waals surface area contributed by atoms with Crippen LogP contribution in [-0.4, -0.2) is 23.0 Å². The van der Waals surface area contributed by atoms with E-state index in [1.165, 1.54) is 24.4 Å². The van der Waals surface area contributed by atoms with Crippen LogP contribution in [-0.2, 0) is 0 Å². The summed E-state index contributed by atoms with van der Waals surface area (Å²) in [5, 5.41) is 5.60. The Morgan fingerprint density at radius 2 is 1.88 bits per heavy atom. The molecule has 0 aliphatic carbocycles. The molecule has 0 saturated carbocycles. The highest BCUT2D eigenvalue weighted by atomic mass is 19.1. The van der Waals surface area contributed by atoms with Crippen LogP contribution >= 0.6 is 0 Å². The predicted octanol–water partition coefficient (Wildman–Crippen LogP) is 3.62. The lowest BCUT2D eigenvalue weighted by molar-refractivity contribution is 0.102. The summed E-state index contributed by atoms with van der Waals surface area (Å²) in [6.07, 6.45) is 1.45. The Hall–Kier alpha value is -3.48. The van der Waals surface area contributed by atoms with E-state index in [9.17, 15) is 9.18 Å². The van der Waals surface area contributed by atoms with E-state index in [-0.39, 0.29) is 17.5 Å². The lowest BCUT2D eigenvalue weighted by atomic mass is 10.3. The molecule has 0 fully saturated rings. The monoisotopic (exact) mass is 338 g/mol. The quantitative estimate of drug-likeness (QED) is 0.743. The van der Waals surface area contributed by atoms with E-state index < -0.39 is 5.91 Å². The van der Waals surface area contributed by atoms with Crippen LogP contribution in [0.25, 0.3) is 0 Å². The number of benzene rings is 2. The van der Waals surface area contributed by atoms with Gasteiger partial charge in [-0.15, -0.1) is 0 Å². The van der Waals surface area contributed by atoms with Gasteiger partial charge in [0.25, 0.3) is 5.91 Å². The van der Waals surface area contributed by atoms with Gasteiger partial charge in [0.15, 0.2) is 0 Å². The number of carbonyl (C=O) groups is 1. The third kappa shape index (κ3) is 4.29. The standard InChI is InChI=1S/C18H15FN4O2/c1-25-15-7-3-6-14(11-15)21-17(24)16-8-9-20-18(23-16)22-13-5-2-4-12(19)10-13/h2-11H,1H3,(H,21,24)(H,20,22,23). The summed E-state index contributed by atoms with van der Waals surface area (Å²) in [5.74, 6) is 0.0627. The highest BCUT2D eigenvalue weighted by Gasteiger charge is 2.10. The molecular formula is C18H15FN4O2. The van der Waals surface area contributed by atoms with Crippen molar-refractivity contribution >= 4 is 23.2 Å². The summed E-state index contributed by atoms with van der Waals surface area (Å²) in [6.45, 7) is 0. The second kappa shape index (κ2) is 7.39. The van der Waals surface area contributed by atoms with Crippen LogP contribution in [0, 0.1) is 5.82 Å². The fourth-order valence-electron chi connectivity index (χ4n) is 2.14. The predicted molar refractivity (Wildman–Crippen MR) is 92.7 cm³/mol. The SMILES string of the molecule is COc1cccc(NC(=O)c2ccnc(Nc3cccc(F)c3)n2)c1. The van der Waals surface area contributed by atoms with Crippen LogP contribution in [0.1, 0.15) is 10.5 Å². The Labute approximate surface area is 143 Å². The van der Waals surface area contributed by atoms with Gasteiger partial charge in [-0.3, -0.25) is 4.79 Å². The van der Waals surface area contributed by atoms with E-state index in [1.807, 2.05) is 0 Å². The first kappa shape index (κ1) is 16.4. The van der Waals surface area contributed by atoms with Crippen LogP contribution in [0.4, 0.5) is 21.7 Å². The number of anilines is 3. The van der Waals surface area contributed by atoms with Crippen molar-refractivity contribution in [3.8, 4) is 5.75 Å². The maximum Gasteiger partial charge on any atom is 0.274 e. The Kier molecular flexibility index (Phi) is 4.84. The Bertz CT molecular complexity index is 902. The molecule has 0 saturated heterocycles. The lowest BCUT2D eigenvalue weighted by Gasteiger charge is -2.08. The molecular weight excluding hydrogens is 323 g/mol. The number of rotatable bonds is 5. The summed E-state index contributed by atoms with van der Waals surface area (Å²) in [6, 6.07) is 14.4. The number of nitrogens with one attached hydrogen (secondary N) is 2. The van der Waals surface area contributed by atoms with Gasteiger partial charge in [-0.05, 0) is 36.4 Å². The molecule has 6 nitrogen and oxygen atoms in total. The minimum absolute atomic E-state index is 0.178. The normalized spacial score (nSPS) is 10.2. The van der Waals surface area contributed by atoms with E-state index in [4.69, 9.17) is 4.74 Å². The summed E-state index contributed by atoms with van der Waals surface area (Å²) < 4.78 is 18.3. The Morgan fingerprint density at radius 3 is 2.68 bits per heavy atom. The molecule has 0 radical (unpaired) electrons. The maximum atomic E-state index is 13.2. The average molecular weight is 338 g/mol. The van der Waals surface area contributed by atoms with Crippen molar-refractivity contribution in [1.82, 2.24) is 9.97 Å². The number of ether oxygens (including phenoxy) is 1. The molecule has 3 rings (SSSR count). The first-order chi connectivity index (χ1) is 12.1. The van der Waals surface area contributed by atoms with E-state index >= 15 is 0 Å². The van der Waals surface area contributed by atoms with Gasteiger partial charge in [0, 0.05) is 23.6 Å². The van der Waals surface area contributed by atoms with Crippen molar-refractivity contribution in [3.05, 3.63) is 72.3 Å². The highest BCUT2D eigenvalue weighted by Crippen LogP contribution is 2.18. The molecule has 0 aliphatic rings. The fraction of sp³-hybridized carbons (Fsp3) is 0.0556. The molecule has 0 spiro atoms. The number of aromatic nitrogens is 2. The number of nitrogens with zero attached hydrogens (tertiary/aromatic N) is 2. The van der Waals surface area contributed by atoms with Gasteiger partial charge in [-0.25, -0.2) is 14.4 Å². The van der Waals surface area contributed by atoms with Crippen LogP contribution in [0.15, 0.2) is 60.8 Å². The van der Waals surface area contributed by atoms with Gasteiger partial charge < -0.3 is 15.4 Å². The van der Waals surface area contributed by atoms with Crippen molar-refractivity contribution in [3.63, 3.8) is 0 Å². The zero-order valence-electron chi connectivity index (χ0n) is 13.4. The average Bonchev–Trinajstić information content (AvgIpc) is 2.62. The zero-order chi connectivity index (χ0) is 17.6. The second-order valence-corrected chi connectivity index (χ2v) is 5.09. The topological polar surface area (TPSA) is 76.1 Å². The largest absolute Gasteiger partial charge is 0.497 e. The molecule has 2 aromatic carbocycles. The number of hydrogen-bond donors (Lipinski definition) is 2. The van der Waals surface area contributed by atoms with Crippen LogP contribution < -0.4 is 15.4 Å². The first-order valence-electron chi connectivity index (χ1n) is 7.45. The summed E-state index contributed by atoms with van der Waals surface area (Å²) in [7, 11) is 1.55. The van der Waals surface area contributed by atoms with E-state index in [2.05, 4.69) is 20.6 Å². The van der Waals surface area contributed by atoms with Gasteiger partial charge in [-0.1, -0.05) is 12.1 Å². The summed E-state index contributed by atoms with van der Waals surface area (Å²) >= 11 is 0. The van der Waals surface area contributed by atoms with Crippen molar-refractivity contribution in [2.75, 3.05) is 17.7 Å². The minimum Gasteiger partial charge on any atom is -0.497 e. The van der Waals surface area contributed by atoms with Gasteiger partial charge in [0.2, 0.25) is 5.95 Å². The molecule has 0 atom stereocenters. The number of amides is 1. The number of halogens is 1. The van der Waals surface area contributed by atoms with Crippen molar-refractivity contribution in [2.45, 2.75) is 0 Å². The first-order valence-corrected chi connectivity index (χ1v) is 7.45. The van der Waals surface area contributed by atoms with Gasteiger partial charge in [0.1, 0.15) is 17.3 Å². The van der Waals surface area contributed by atoms with Crippen LogP contribution in [0.5, 0.6) is 5.75 Å². The maximum absolute atomic E-state index is 13.2. The Morgan fingerprint density at radius 1 is 1.08 bits per heavy atom. The van der Waals surface area contributed by atoms with Crippen LogP contribution in [0.3, 0.4) is 0 Å². The molecule has 3 aromatic rings. The smallest absolute Gasteiger partial charge is 0.274 e. The third-order valence-corrected chi connectivity index (χ3v) is 3.30. The molecule has 1 heterocycles. The molecule has 1 amide bonds. The third-order valence-electron chi connectivity index (χ3n) is 3.30. The van der Waals surface area contributed by atoms with E-state index in [1.54, 1.807) is 43.5 Å². The zero-order valence-corrected chi connectivity index (χ0v) is 13.4. The molecule has 25 heavy (non-hydrogen) atoms. The molecule has 0 aliphatic heterocycles. The number of methoxy groups -OCH3 is 1. The van der Waals surface area contributed by atoms with Crippen molar-refractivity contribution in [2.24, 2.45) is 0 Å². The highest BCUT2D eigenvalue weighted by molar-refractivity contribution is 6.03. The Balaban J connectivity index is 1.75. The molecule has 126 valence electrons. The van der Waals surface area contributed by atoms with Crippen molar-refractivity contribution < 1.29 is 13.9 Å².